The van der Waals surface area contributed by atoms with Crippen LogP contribution in [0.25, 0.3) is 0 Å². The second kappa shape index (κ2) is 13.8. The molecule has 4 rings (SSSR count). The minimum absolute atomic E-state index is 0.0373. The third-order valence-corrected chi connectivity index (χ3v) is 7.99. The molecule has 0 radical (unpaired) electrons. The van der Waals surface area contributed by atoms with Crippen molar-refractivity contribution in [2.45, 2.75) is 83.0 Å². The SMILES string of the molecule is COc1cc(C2CCCCC2)ccc1NC(=O)C(Cc1ccc(OCCCO)cc1)c1ccc(C(C)(C)C)cc1. The van der Waals surface area contributed by atoms with Gasteiger partial charge in [0, 0.05) is 13.0 Å². The number of aliphatic hydroxyl groups excluding tert-OH is 1. The van der Waals surface area contributed by atoms with Gasteiger partial charge in [0.1, 0.15) is 11.5 Å². The molecule has 1 amide bonds. The van der Waals surface area contributed by atoms with Crippen LogP contribution in [0.1, 0.15) is 93.4 Å². The first-order valence-electron chi connectivity index (χ1n) is 14.7. The van der Waals surface area contributed by atoms with E-state index in [1.165, 1.54) is 43.2 Å². The summed E-state index contributed by atoms with van der Waals surface area (Å²) >= 11 is 0. The number of methoxy groups -OCH3 is 1. The lowest BCUT2D eigenvalue weighted by atomic mass is 9.84. The largest absolute Gasteiger partial charge is 0.495 e. The Labute approximate surface area is 239 Å². The third-order valence-electron chi connectivity index (χ3n) is 7.99. The van der Waals surface area contributed by atoms with Crippen molar-refractivity contribution in [2.24, 2.45) is 0 Å². The van der Waals surface area contributed by atoms with Crippen LogP contribution in [-0.4, -0.2) is 31.3 Å². The normalized spacial score (nSPS) is 14.9. The molecule has 40 heavy (non-hydrogen) atoms. The second-order valence-electron chi connectivity index (χ2n) is 12.0. The van der Waals surface area contributed by atoms with Gasteiger partial charge in [0.25, 0.3) is 0 Å². The quantitative estimate of drug-likeness (QED) is 0.243. The monoisotopic (exact) mass is 543 g/mol. The topological polar surface area (TPSA) is 67.8 Å². The Morgan fingerprint density at radius 2 is 1.68 bits per heavy atom. The maximum atomic E-state index is 13.9. The van der Waals surface area contributed by atoms with E-state index < -0.39 is 0 Å². The molecule has 0 aliphatic heterocycles. The van der Waals surface area contributed by atoms with E-state index >= 15 is 0 Å². The Hall–Kier alpha value is -3.31. The minimum atomic E-state index is -0.377. The lowest BCUT2D eigenvalue weighted by molar-refractivity contribution is -0.117. The summed E-state index contributed by atoms with van der Waals surface area (Å²) < 4.78 is 11.4. The zero-order valence-electron chi connectivity index (χ0n) is 24.5. The molecule has 0 heterocycles. The fourth-order valence-corrected chi connectivity index (χ4v) is 5.51. The number of carbonyl (C=O) groups excluding carboxylic acids is 1. The predicted octanol–water partition coefficient (Wildman–Crippen LogP) is 7.77. The van der Waals surface area contributed by atoms with E-state index in [2.05, 4.69) is 62.5 Å². The van der Waals surface area contributed by atoms with Gasteiger partial charge < -0.3 is 19.9 Å². The van der Waals surface area contributed by atoms with Crippen LogP contribution in [0.4, 0.5) is 5.69 Å². The van der Waals surface area contributed by atoms with Gasteiger partial charge >= 0.3 is 0 Å². The van der Waals surface area contributed by atoms with Gasteiger partial charge in [-0.3, -0.25) is 4.79 Å². The number of hydrogen-bond donors (Lipinski definition) is 2. The summed E-state index contributed by atoms with van der Waals surface area (Å²) in [6, 6.07) is 22.6. The molecule has 1 unspecified atom stereocenters. The highest BCUT2D eigenvalue weighted by molar-refractivity contribution is 5.97. The molecule has 1 atom stereocenters. The number of hydrogen-bond acceptors (Lipinski definition) is 4. The van der Waals surface area contributed by atoms with Gasteiger partial charge in [0.05, 0.1) is 25.3 Å². The van der Waals surface area contributed by atoms with Crippen LogP contribution in [0, 0.1) is 0 Å². The molecule has 0 aromatic heterocycles. The van der Waals surface area contributed by atoms with E-state index in [4.69, 9.17) is 14.6 Å². The average Bonchev–Trinajstić information content (AvgIpc) is 2.97. The number of aliphatic hydroxyl groups is 1. The summed E-state index contributed by atoms with van der Waals surface area (Å²) in [5.41, 5.74) is 5.30. The van der Waals surface area contributed by atoms with E-state index in [-0.39, 0.29) is 23.8 Å². The average molecular weight is 544 g/mol. The van der Waals surface area contributed by atoms with E-state index in [1.54, 1.807) is 7.11 Å². The first-order chi connectivity index (χ1) is 19.3. The fraction of sp³-hybridized carbons (Fsp3) is 0.457. The smallest absolute Gasteiger partial charge is 0.232 e. The van der Waals surface area contributed by atoms with Crippen LogP contribution in [0.2, 0.25) is 0 Å². The Kier molecular flexibility index (Phi) is 10.3. The van der Waals surface area contributed by atoms with E-state index in [1.807, 2.05) is 30.3 Å². The molecule has 5 nitrogen and oxygen atoms in total. The van der Waals surface area contributed by atoms with Crippen molar-refractivity contribution < 1.29 is 19.4 Å². The van der Waals surface area contributed by atoms with Crippen molar-refractivity contribution in [2.75, 3.05) is 25.6 Å². The Bertz CT molecular complexity index is 1220. The number of anilines is 1. The van der Waals surface area contributed by atoms with Crippen molar-refractivity contribution in [1.82, 2.24) is 0 Å². The second-order valence-corrected chi connectivity index (χ2v) is 12.0. The summed E-state index contributed by atoms with van der Waals surface area (Å²) in [6.45, 7) is 7.16. The highest BCUT2D eigenvalue weighted by Gasteiger charge is 2.24. The first-order valence-corrected chi connectivity index (χ1v) is 14.7. The number of benzene rings is 3. The van der Waals surface area contributed by atoms with Crippen LogP contribution in [-0.2, 0) is 16.6 Å². The predicted molar refractivity (Wildman–Crippen MR) is 163 cm³/mol. The van der Waals surface area contributed by atoms with Gasteiger partial charge in [-0.1, -0.05) is 82.5 Å². The highest BCUT2D eigenvalue weighted by atomic mass is 16.5. The van der Waals surface area contributed by atoms with Crippen molar-refractivity contribution in [1.29, 1.82) is 0 Å². The molecule has 3 aromatic rings. The lowest BCUT2D eigenvalue weighted by Gasteiger charge is -2.24. The number of carbonyl (C=O) groups is 1. The number of amides is 1. The Balaban J connectivity index is 1.56. The van der Waals surface area contributed by atoms with Crippen LogP contribution >= 0.6 is 0 Å². The van der Waals surface area contributed by atoms with Crippen molar-refractivity contribution in [3.8, 4) is 11.5 Å². The molecule has 2 N–H and O–H groups in total. The summed E-state index contributed by atoms with van der Waals surface area (Å²) in [7, 11) is 1.67. The summed E-state index contributed by atoms with van der Waals surface area (Å²) in [4.78, 5) is 13.9. The molecule has 0 saturated heterocycles. The molecule has 1 fully saturated rings. The molecule has 1 saturated carbocycles. The van der Waals surface area contributed by atoms with Crippen LogP contribution in [0.5, 0.6) is 11.5 Å². The maximum Gasteiger partial charge on any atom is 0.232 e. The van der Waals surface area contributed by atoms with Gasteiger partial charge in [-0.25, -0.2) is 0 Å². The van der Waals surface area contributed by atoms with Gasteiger partial charge in [-0.15, -0.1) is 0 Å². The fourth-order valence-electron chi connectivity index (χ4n) is 5.51. The molecule has 5 heteroatoms. The molecule has 214 valence electrons. The summed E-state index contributed by atoms with van der Waals surface area (Å²) in [6.07, 6.45) is 7.45. The molecular formula is C35H45NO4. The number of ether oxygens (including phenoxy) is 2. The first kappa shape index (κ1) is 29.7. The van der Waals surface area contributed by atoms with Crippen LogP contribution < -0.4 is 14.8 Å². The maximum absolute atomic E-state index is 13.9. The Morgan fingerprint density at radius 3 is 2.30 bits per heavy atom. The van der Waals surface area contributed by atoms with E-state index in [0.717, 1.165) is 16.9 Å². The zero-order chi connectivity index (χ0) is 28.5. The highest BCUT2D eigenvalue weighted by Crippen LogP contribution is 2.37. The number of nitrogens with one attached hydrogen (secondary N) is 1. The Morgan fingerprint density at radius 1 is 0.975 bits per heavy atom. The minimum Gasteiger partial charge on any atom is -0.495 e. The molecule has 3 aromatic carbocycles. The van der Waals surface area contributed by atoms with Crippen molar-refractivity contribution in [3.63, 3.8) is 0 Å². The van der Waals surface area contributed by atoms with Gasteiger partial charge in [-0.05, 0) is 77.1 Å². The summed E-state index contributed by atoms with van der Waals surface area (Å²) in [5.74, 6) is 1.60. The third kappa shape index (κ3) is 7.88. The molecule has 1 aliphatic carbocycles. The summed E-state index contributed by atoms with van der Waals surface area (Å²) in [5, 5.41) is 12.2. The van der Waals surface area contributed by atoms with Gasteiger partial charge in [0.15, 0.2) is 0 Å². The van der Waals surface area contributed by atoms with Crippen molar-refractivity contribution in [3.05, 3.63) is 89.0 Å². The molecule has 1 aliphatic rings. The van der Waals surface area contributed by atoms with E-state index in [9.17, 15) is 4.79 Å². The van der Waals surface area contributed by atoms with Crippen molar-refractivity contribution >= 4 is 11.6 Å². The van der Waals surface area contributed by atoms with Gasteiger partial charge in [-0.2, -0.15) is 0 Å². The van der Waals surface area contributed by atoms with Crippen LogP contribution in [0.15, 0.2) is 66.7 Å². The standard InChI is InChI=1S/C35H45NO4/c1-35(2,3)29-16-13-27(14-17-29)31(23-25-11-18-30(19-12-25)40-22-8-21-37)34(38)36-32-20-15-28(24-33(32)39-4)26-9-6-5-7-10-26/h11-20,24,26,31,37H,5-10,21-23H2,1-4H3,(H,36,38). The lowest BCUT2D eigenvalue weighted by Crippen LogP contribution is -2.23. The number of rotatable bonds is 11. The van der Waals surface area contributed by atoms with Crippen LogP contribution in [0.3, 0.4) is 0 Å². The molecular weight excluding hydrogens is 498 g/mol. The molecule has 0 spiro atoms. The molecule has 0 bridgehead atoms. The zero-order valence-corrected chi connectivity index (χ0v) is 24.5. The van der Waals surface area contributed by atoms with Gasteiger partial charge in [0.2, 0.25) is 5.91 Å². The van der Waals surface area contributed by atoms with E-state index in [0.29, 0.717) is 36.8 Å².